The Labute approximate surface area is 103 Å². The van der Waals surface area contributed by atoms with E-state index >= 15 is 0 Å². The van der Waals surface area contributed by atoms with E-state index in [2.05, 4.69) is 14.9 Å². The molecule has 2 aromatic rings. The monoisotopic (exact) mass is 254 g/mol. The van der Waals surface area contributed by atoms with E-state index in [1.807, 2.05) is 0 Å². The first-order chi connectivity index (χ1) is 8.20. The van der Waals surface area contributed by atoms with Crippen LogP contribution < -0.4 is 4.74 Å². The Balaban J connectivity index is 2.11. The second kappa shape index (κ2) is 5.16. The van der Waals surface area contributed by atoms with Crippen LogP contribution in [0.2, 0.25) is 5.02 Å². The van der Waals surface area contributed by atoms with Gasteiger partial charge in [-0.1, -0.05) is 21.9 Å². The Morgan fingerprint density at radius 1 is 1.41 bits per heavy atom. The number of aliphatic hydroxyl groups is 1. The maximum absolute atomic E-state index is 9.17. The maximum atomic E-state index is 9.17. The number of hydrogen-bond donors (Lipinski definition) is 1. The molecule has 0 spiro atoms. The van der Waals surface area contributed by atoms with Crippen LogP contribution in [0.25, 0.3) is 0 Å². The van der Waals surface area contributed by atoms with Crippen LogP contribution in [0.3, 0.4) is 0 Å². The molecule has 90 valence electrons. The highest BCUT2D eigenvalue weighted by molar-refractivity contribution is 6.30. The molecule has 0 aliphatic heterocycles. The zero-order chi connectivity index (χ0) is 12.3. The maximum Gasteiger partial charge on any atom is 0.145 e. The predicted molar refractivity (Wildman–Crippen MR) is 60.7 cm³/mol. The third-order valence-electron chi connectivity index (χ3n) is 2.30. The number of benzene rings is 1. The average molecular weight is 255 g/mol. The van der Waals surface area contributed by atoms with E-state index in [0.717, 1.165) is 0 Å². The number of aliphatic hydroxyl groups excluding tert-OH is 1. The fourth-order valence-corrected chi connectivity index (χ4v) is 1.53. The number of hydrogen-bond acceptors (Lipinski definition) is 5. The summed E-state index contributed by atoms with van der Waals surface area (Å²) in [6, 6.07) is 5.06. The molecule has 1 aromatic heterocycles. The van der Waals surface area contributed by atoms with Crippen LogP contribution in [-0.4, -0.2) is 15.4 Å². The van der Waals surface area contributed by atoms with E-state index in [-0.39, 0.29) is 13.2 Å². The zero-order valence-electron chi connectivity index (χ0n) is 9.18. The van der Waals surface area contributed by atoms with Crippen LogP contribution in [0, 0.1) is 6.92 Å². The Bertz CT molecular complexity index is 513. The quantitative estimate of drug-likeness (QED) is 0.905. The number of aromatic nitrogens is 2. The van der Waals surface area contributed by atoms with Gasteiger partial charge in [0.25, 0.3) is 0 Å². The lowest BCUT2D eigenvalue weighted by molar-refractivity contribution is 0.250. The molecule has 5 nitrogen and oxygen atoms in total. The fraction of sp³-hybridized carbons (Fsp3) is 0.273. The molecule has 0 saturated heterocycles. The Morgan fingerprint density at radius 2 is 2.24 bits per heavy atom. The lowest BCUT2D eigenvalue weighted by atomic mass is 10.2. The molecule has 17 heavy (non-hydrogen) atoms. The molecule has 0 aliphatic carbocycles. The van der Waals surface area contributed by atoms with Crippen LogP contribution in [0.15, 0.2) is 22.8 Å². The molecule has 0 saturated carbocycles. The topological polar surface area (TPSA) is 68.4 Å². The summed E-state index contributed by atoms with van der Waals surface area (Å²) in [5, 5.41) is 17.1. The highest BCUT2D eigenvalue weighted by Gasteiger charge is 2.08. The van der Waals surface area contributed by atoms with E-state index in [1.165, 1.54) is 0 Å². The Morgan fingerprint density at radius 3 is 2.88 bits per heavy atom. The predicted octanol–water partition coefficient (Wildman–Crippen LogP) is 2.10. The van der Waals surface area contributed by atoms with E-state index in [9.17, 15) is 0 Å². The van der Waals surface area contributed by atoms with Gasteiger partial charge in [-0.05, 0) is 25.1 Å². The van der Waals surface area contributed by atoms with Gasteiger partial charge in [0.15, 0.2) is 0 Å². The van der Waals surface area contributed by atoms with Crippen LogP contribution in [0.5, 0.6) is 5.75 Å². The van der Waals surface area contributed by atoms with Gasteiger partial charge in [0.2, 0.25) is 0 Å². The Kier molecular flexibility index (Phi) is 3.61. The molecule has 0 amide bonds. The van der Waals surface area contributed by atoms with Gasteiger partial charge in [-0.15, -0.1) is 0 Å². The SMILES string of the molecule is Cc1nonc1COc1ccc(Cl)cc1CO. The van der Waals surface area contributed by atoms with Crippen molar-refractivity contribution in [3.05, 3.63) is 40.2 Å². The summed E-state index contributed by atoms with van der Waals surface area (Å²) in [4.78, 5) is 0. The molecular formula is C11H11ClN2O3. The first kappa shape index (κ1) is 11.9. The molecule has 6 heteroatoms. The summed E-state index contributed by atoms with van der Waals surface area (Å²) in [6.07, 6.45) is 0. The van der Waals surface area contributed by atoms with Crippen LogP contribution >= 0.6 is 11.6 Å². The van der Waals surface area contributed by atoms with Crippen LogP contribution in [-0.2, 0) is 13.2 Å². The molecule has 0 radical (unpaired) electrons. The summed E-state index contributed by atoms with van der Waals surface area (Å²) in [5.74, 6) is 0.569. The van der Waals surface area contributed by atoms with E-state index in [4.69, 9.17) is 21.4 Å². The number of halogens is 1. The van der Waals surface area contributed by atoms with Gasteiger partial charge < -0.3 is 9.84 Å². The molecule has 0 unspecified atom stereocenters. The first-order valence-corrected chi connectivity index (χ1v) is 5.38. The smallest absolute Gasteiger partial charge is 0.145 e. The number of aryl methyl sites for hydroxylation is 1. The van der Waals surface area contributed by atoms with Gasteiger partial charge in [0.05, 0.1) is 6.61 Å². The van der Waals surface area contributed by atoms with E-state index in [0.29, 0.717) is 27.7 Å². The number of nitrogens with zero attached hydrogens (tertiary/aromatic N) is 2. The van der Waals surface area contributed by atoms with Gasteiger partial charge in [-0.2, -0.15) is 0 Å². The van der Waals surface area contributed by atoms with Gasteiger partial charge in [-0.25, -0.2) is 4.63 Å². The second-order valence-corrected chi connectivity index (χ2v) is 3.93. The van der Waals surface area contributed by atoms with Crippen molar-refractivity contribution in [3.63, 3.8) is 0 Å². The summed E-state index contributed by atoms with van der Waals surface area (Å²) < 4.78 is 10.1. The Hall–Kier alpha value is -1.59. The minimum atomic E-state index is -0.133. The second-order valence-electron chi connectivity index (χ2n) is 3.50. The van der Waals surface area contributed by atoms with Gasteiger partial charge in [0.1, 0.15) is 23.7 Å². The van der Waals surface area contributed by atoms with Crippen molar-refractivity contribution in [1.82, 2.24) is 10.3 Å². The van der Waals surface area contributed by atoms with Gasteiger partial charge in [-0.3, -0.25) is 0 Å². The highest BCUT2D eigenvalue weighted by Crippen LogP contribution is 2.23. The summed E-state index contributed by atoms with van der Waals surface area (Å²) in [7, 11) is 0. The van der Waals surface area contributed by atoms with Crippen molar-refractivity contribution >= 4 is 11.6 Å². The van der Waals surface area contributed by atoms with Crippen molar-refractivity contribution in [2.45, 2.75) is 20.1 Å². The minimum Gasteiger partial charge on any atom is -0.487 e. The molecule has 1 heterocycles. The lowest BCUT2D eigenvalue weighted by Gasteiger charge is -2.08. The van der Waals surface area contributed by atoms with Crippen molar-refractivity contribution in [3.8, 4) is 5.75 Å². The third-order valence-corrected chi connectivity index (χ3v) is 2.54. The van der Waals surface area contributed by atoms with E-state index in [1.54, 1.807) is 25.1 Å². The van der Waals surface area contributed by atoms with E-state index < -0.39 is 0 Å². The van der Waals surface area contributed by atoms with Crippen LogP contribution in [0.1, 0.15) is 17.0 Å². The summed E-state index contributed by atoms with van der Waals surface area (Å²) in [6.45, 7) is 1.89. The van der Waals surface area contributed by atoms with Gasteiger partial charge in [0, 0.05) is 10.6 Å². The minimum absolute atomic E-state index is 0.133. The van der Waals surface area contributed by atoms with Crippen molar-refractivity contribution in [2.24, 2.45) is 0 Å². The first-order valence-electron chi connectivity index (χ1n) is 5.01. The van der Waals surface area contributed by atoms with Crippen LogP contribution in [0.4, 0.5) is 0 Å². The average Bonchev–Trinajstić information content (AvgIpc) is 2.73. The van der Waals surface area contributed by atoms with Gasteiger partial charge >= 0.3 is 0 Å². The highest BCUT2D eigenvalue weighted by atomic mass is 35.5. The summed E-state index contributed by atoms with van der Waals surface area (Å²) >= 11 is 5.82. The lowest BCUT2D eigenvalue weighted by Crippen LogP contribution is -2.00. The third kappa shape index (κ3) is 2.75. The van der Waals surface area contributed by atoms with Crippen molar-refractivity contribution < 1.29 is 14.5 Å². The fourth-order valence-electron chi connectivity index (χ4n) is 1.34. The normalized spacial score (nSPS) is 10.5. The van der Waals surface area contributed by atoms with Crippen molar-refractivity contribution in [1.29, 1.82) is 0 Å². The molecule has 0 fully saturated rings. The molecule has 1 N–H and O–H groups in total. The molecule has 0 bridgehead atoms. The zero-order valence-corrected chi connectivity index (χ0v) is 9.94. The number of rotatable bonds is 4. The van der Waals surface area contributed by atoms with Crippen molar-refractivity contribution in [2.75, 3.05) is 0 Å². The molecule has 1 aromatic carbocycles. The molecule has 0 aliphatic rings. The standard InChI is InChI=1S/C11H11ClN2O3/c1-7-10(14-17-13-7)6-16-11-3-2-9(12)4-8(11)5-15/h2-4,15H,5-6H2,1H3. The molecule has 2 rings (SSSR count). The number of ether oxygens (including phenoxy) is 1. The molecule has 0 atom stereocenters. The summed E-state index contributed by atoms with van der Waals surface area (Å²) in [5.41, 5.74) is 1.94. The largest absolute Gasteiger partial charge is 0.487 e. The molecular weight excluding hydrogens is 244 g/mol.